The van der Waals surface area contributed by atoms with Crippen molar-refractivity contribution in [3.05, 3.63) is 138 Å². The smallest absolute Gasteiger partial charge is 0.318 e. The Labute approximate surface area is 229 Å². The molecule has 11 nitrogen and oxygen atoms in total. The zero-order valence-electron chi connectivity index (χ0n) is 19.9. The predicted molar refractivity (Wildman–Crippen MR) is 146 cm³/mol. The molecule has 0 heterocycles. The number of amides is 1. The molecule has 4 aromatic rings. The molecule has 0 aliphatic carbocycles. The third-order valence-electron chi connectivity index (χ3n) is 5.62. The van der Waals surface area contributed by atoms with Gasteiger partial charge in [0.05, 0.1) is 26.6 Å². The standard InChI is InChI=1S/C27H19BrN4O7/c28-22-15-18(11-13-24(22)39-25-14-12-21(31(35)36)16-23(25)32(37)38)17-29-30-26(33)27(34,19-7-3-1-4-8-19)20-9-5-2-6-10-20/h1-17,34H,(H,30,33)/b29-17-. The number of rotatable bonds is 9. The van der Waals surface area contributed by atoms with Crippen LogP contribution >= 0.6 is 15.9 Å². The second-order valence-corrected chi connectivity index (χ2v) is 8.95. The quantitative estimate of drug-likeness (QED) is 0.149. The molecule has 0 fully saturated rings. The van der Waals surface area contributed by atoms with Crippen molar-refractivity contribution in [2.45, 2.75) is 5.60 Å². The molecule has 0 spiro atoms. The van der Waals surface area contributed by atoms with Gasteiger partial charge in [0.15, 0.2) is 5.60 Å². The van der Waals surface area contributed by atoms with E-state index in [1.54, 1.807) is 72.8 Å². The Morgan fingerprint density at radius 1 is 0.872 bits per heavy atom. The van der Waals surface area contributed by atoms with Crippen molar-refractivity contribution in [1.82, 2.24) is 5.43 Å². The second-order valence-electron chi connectivity index (χ2n) is 8.10. The molecule has 0 radical (unpaired) electrons. The Morgan fingerprint density at radius 2 is 1.46 bits per heavy atom. The highest BCUT2D eigenvalue weighted by Crippen LogP contribution is 2.37. The first kappa shape index (κ1) is 27.1. The van der Waals surface area contributed by atoms with Crippen molar-refractivity contribution in [3.63, 3.8) is 0 Å². The molecule has 4 aromatic carbocycles. The van der Waals surface area contributed by atoms with E-state index in [0.717, 1.165) is 18.2 Å². The van der Waals surface area contributed by atoms with E-state index in [1.807, 2.05) is 0 Å². The molecule has 196 valence electrons. The third-order valence-corrected chi connectivity index (χ3v) is 6.24. The van der Waals surface area contributed by atoms with Crippen LogP contribution in [0.25, 0.3) is 0 Å². The summed E-state index contributed by atoms with van der Waals surface area (Å²) in [7, 11) is 0. The SMILES string of the molecule is O=C(N/N=C\c1ccc(Oc2ccc([N+](=O)[O-])cc2[N+](=O)[O-])c(Br)c1)C(O)(c1ccccc1)c1ccccc1. The lowest BCUT2D eigenvalue weighted by Crippen LogP contribution is -2.43. The Balaban J connectivity index is 1.52. The van der Waals surface area contributed by atoms with E-state index in [1.165, 1.54) is 12.3 Å². The first-order valence-corrected chi connectivity index (χ1v) is 12.1. The van der Waals surface area contributed by atoms with Gasteiger partial charge in [-0.2, -0.15) is 5.10 Å². The maximum atomic E-state index is 13.1. The first-order valence-electron chi connectivity index (χ1n) is 11.3. The van der Waals surface area contributed by atoms with E-state index in [0.29, 0.717) is 21.2 Å². The average Bonchev–Trinajstić information content (AvgIpc) is 2.94. The summed E-state index contributed by atoms with van der Waals surface area (Å²) in [6.45, 7) is 0. The number of hydrogen-bond acceptors (Lipinski definition) is 8. The number of halogens is 1. The van der Waals surface area contributed by atoms with Gasteiger partial charge in [0.2, 0.25) is 5.75 Å². The Kier molecular flexibility index (Phi) is 8.08. The number of aliphatic hydroxyl groups is 1. The van der Waals surface area contributed by atoms with Crippen LogP contribution in [0.4, 0.5) is 11.4 Å². The molecule has 0 saturated heterocycles. The topological polar surface area (TPSA) is 157 Å². The third kappa shape index (κ3) is 5.98. The minimum atomic E-state index is -1.99. The summed E-state index contributed by atoms with van der Waals surface area (Å²) >= 11 is 3.33. The number of ether oxygens (including phenoxy) is 1. The van der Waals surface area contributed by atoms with Crippen LogP contribution in [0, 0.1) is 20.2 Å². The van der Waals surface area contributed by atoms with E-state index in [9.17, 15) is 30.1 Å². The monoisotopic (exact) mass is 590 g/mol. The van der Waals surface area contributed by atoms with Crippen LogP contribution in [0.1, 0.15) is 16.7 Å². The fraction of sp³-hybridized carbons (Fsp3) is 0.0370. The maximum Gasteiger partial charge on any atom is 0.318 e. The number of nitrogens with one attached hydrogen (secondary N) is 1. The summed E-state index contributed by atoms with van der Waals surface area (Å²) in [6, 6.07) is 24.7. The molecule has 1 amide bonds. The van der Waals surface area contributed by atoms with Crippen molar-refractivity contribution in [2.75, 3.05) is 0 Å². The van der Waals surface area contributed by atoms with Crippen LogP contribution in [-0.2, 0) is 10.4 Å². The molecule has 0 saturated carbocycles. The summed E-state index contributed by atoms with van der Waals surface area (Å²) in [5.41, 5.74) is 0.656. The van der Waals surface area contributed by atoms with Crippen molar-refractivity contribution < 1.29 is 24.5 Å². The maximum absolute atomic E-state index is 13.1. The lowest BCUT2D eigenvalue weighted by atomic mass is 9.85. The molecule has 0 aliphatic rings. The number of nitrogens with zero attached hydrogens (tertiary/aromatic N) is 3. The molecule has 4 rings (SSSR count). The van der Waals surface area contributed by atoms with Crippen molar-refractivity contribution in [2.24, 2.45) is 5.10 Å². The molecule has 0 atom stereocenters. The van der Waals surface area contributed by atoms with Crippen LogP contribution in [-0.4, -0.2) is 27.1 Å². The average molecular weight is 591 g/mol. The summed E-state index contributed by atoms with van der Waals surface area (Å²) in [6.07, 6.45) is 1.34. The molecular weight excluding hydrogens is 572 g/mol. The predicted octanol–water partition coefficient (Wildman–Crippen LogP) is 5.44. The Bertz CT molecular complexity index is 1520. The lowest BCUT2D eigenvalue weighted by Gasteiger charge is -2.27. The highest BCUT2D eigenvalue weighted by Gasteiger charge is 2.39. The van der Waals surface area contributed by atoms with Gasteiger partial charge >= 0.3 is 5.69 Å². The minimum Gasteiger partial charge on any atom is -0.449 e. The fourth-order valence-corrected chi connectivity index (χ4v) is 4.16. The summed E-state index contributed by atoms with van der Waals surface area (Å²) < 4.78 is 6.02. The lowest BCUT2D eigenvalue weighted by molar-refractivity contribution is -0.394. The molecule has 12 heteroatoms. The number of benzene rings is 4. The summed E-state index contributed by atoms with van der Waals surface area (Å²) in [5, 5.41) is 37.8. The van der Waals surface area contributed by atoms with Gasteiger partial charge in [0.1, 0.15) is 5.75 Å². The van der Waals surface area contributed by atoms with Gasteiger partial charge in [0, 0.05) is 6.07 Å². The van der Waals surface area contributed by atoms with E-state index in [2.05, 4.69) is 26.5 Å². The number of non-ortho nitro benzene ring substituents is 1. The normalized spacial score (nSPS) is 11.2. The van der Waals surface area contributed by atoms with Crippen LogP contribution in [0.2, 0.25) is 0 Å². The van der Waals surface area contributed by atoms with Gasteiger partial charge in [-0.15, -0.1) is 0 Å². The largest absolute Gasteiger partial charge is 0.449 e. The Hall–Kier alpha value is -4.94. The van der Waals surface area contributed by atoms with E-state index in [-0.39, 0.29) is 11.5 Å². The molecule has 0 aromatic heterocycles. The van der Waals surface area contributed by atoms with Crippen LogP contribution < -0.4 is 10.2 Å². The van der Waals surface area contributed by atoms with Gasteiger partial charge in [-0.05, 0) is 56.9 Å². The van der Waals surface area contributed by atoms with Crippen LogP contribution in [0.15, 0.2) is 107 Å². The molecule has 2 N–H and O–H groups in total. The van der Waals surface area contributed by atoms with E-state index < -0.39 is 32.7 Å². The highest BCUT2D eigenvalue weighted by atomic mass is 79.9. The number of nitro benzene ring substituents is 2. The number of carbonyl (C=O) groups is 1. The van der Waals surface area contributed by atoms with Gasteiger partial charge < -0.3 is 9.84 Å². The van der Waals surface area contributed by atoms with Crippen molar-refractivity contribution >= 4 is 39.4 Å². The minimum absolute atomic E-state index is 0.180. The molecule has 0 bridgehead atoms. The zero-order chi connectivity index (χ0) is 28.0. The van der Waals surface area contributed by atoms with Gasteiger partial charge in [-0.25, -0.2) is 5.43 Å². The van der Waals surface area contributed by atoms with E-state index >= 15 is 0 Å². The first-order chi connectivity index (χ1) is 18.7. The summed E-state index contributed by atoms with van der Waals surface area (Å²) in [5.74, 6) is -0.739. The number of carbonyl (C=O) groups excluding carboxylic acids is 1. The van der Waals surface area contributed by atoms with Crippen LogP contribution in [0.3, 0.4) is 0 Å². The summed E-state index contributed by atoms with van der Waals surface area (Å²) in [4.78, 5) is 33.9. The zero-order valence-corrected chi connectivity index (χ0v) is 21.5. The fourth-order valence-electron chi connectivity index (χ4n) is 3.68. The number of hydrazone groups is 1. The highest BCUT2D eigenvalue weighted by molar-refractivity contribution is 9.10. The van der Waals surface area contributed by atoms with Crippen molar-refractivity contribution in [3.8, 4) is 11.5 Å². The van der Waals surface area contributed by atoms with Crippen molar-refractivity contribution in [1.29, 1.82) is 0 Å². The van der Waals surface area contributed by atoms with Gasteiger partial charge in [-0.3, -0.25) is 25.0 Å². The van der Waals surface area contributed by atoms with Gasteiger partial charge in [-0.1, -0.05) is 60.7 Å². The van der Waals surface area contributed by atoms with Crippen LogP contribution in [0.5, 0.6) is 11.5 Å². The molecule has 39 heavy (non-hydrogen) atoms. The molecule has 0 unspecified atom stereocenters. The molecular formula is C27H19BrN4O7. The Morgan fingerprint density at radius 3 is 2.00 bits per heavy atom. The second kappa shape index (κ2) is 11.6. The number of hydrogen-bond donors (Lipinski definition) is 2. The van der Waals surface area contributed by atoms with Gasteiger partial charge in [0.25, 0.3) is 11.6 Å². The number of nitro groups is 2. The molecule has 0 aliphatic heterocycles. The van der Waals surface area contributed by atoms with E-state index in [4.69, 9.17) is 4.74 Å².